The van der Waals surface area contributed by atoms with E-state index in [1.165, 1.54) is 23.6 Å². The third-order valence-corrected chi connectivity index (χ3v) is 6.04. The Hall–Kier alpha value is -1.98. The van der Waals surface area contributed by atoms with Gasteiger partial charge in [0.05, 0.1) is 16.9 Å². The average molecular weight is 387 g/mol. The fourth-order valence-electron chi connectivity index (χ4n) is 3.59. The number of carbonyl (C=O) groups is 3. The normalized spacial score (nSPS) is 29.8. The molecule has 144 valence electrons. The first kappa shape index (κ1) is 18.8. The lowest BCUT2D eigenvalue weighted by Gasteiger charge is -2.43. The molecule has 0 aromatic carbocycles. The number of thioether (sulfide) groups is 1. The Kier molecular flexibility index (Phi) is 5.30. The minimum Gasteiger partial charge on any atom is -0.465 e. The van der Waals surface area contributed by atoms with Gasteiger partial charge >= 0.3 is 12.2 Å². The molecule has 0 aromatic heterocycles. The molecule has 2 saturated heterocycles. The first-order valence-electron chi connectivity index (χ1n) is 8.31. The van der Waals surface area contributed by atoms with Crippen molar-refractivity contribution in [1.82, 2.24) is 15.1 Å². The highest BCUT2D eigenvalue weighted by Gasteiger charge is 2.57. The Labute approximate surface area is 153 Å². The molecule has 3 rings (SSSR count). The lowest BCUT2D eigenvalue weighted by molar-refractivity contribution is -0.155. The molecule has 3 heterocycles. The number of hydrogen-bond donors (Lipinski definition) is 4. The number of aliphatic hydroxyl groups excluding tert-OH is 1. The van der Waals surface area contributed by atoms with Crippen LogP contribution in [0.2, 0.25) is 0 Å². The topological polar surface area (TPSA) is 140 Å². The van der Waals surface area contributed by atoms with Crippen molar-refractivity contribution in [3.63, 3.8) is 0 Å². The molecule has 0 bridgehead atoms. The molecule has 26 heavy (non-hydrogen) atoms. The third-order valence-electron chi connectivity index (χ3n) is 4.71. The molecule has 10 nitrogen and oxygen atoms in total. The molecule has 4 N–H and O–H groups in total. The van der Waals surface area contributed by atoms with E-state index in [4.69, 9.17) is 14.9 Å². The van der Waals surface area contributed by atoms with Gasteiger partial charge in [0.15, 0.2) is 0 Å². The number of aliphatic hydroxyl groups is 1. The number of fused-ring (bicyclic) bond motifs is 1. The number of carbonyl (C=O) groups excluding carboxylic acids is 1. The fraction of sp³-hybridized carbons (Fsp3) is 0.667. The Morgan fingerprint density at radius 1 is 1.42 bits per heavy atom. The van der Waals surface area contributed by atoms with Gasteiger partial charge in [-0.25, -0.2) is 9.59 Å². The number of hydrogen-bond acceptors (Lipinski definition) is 7. The third kappa shape index (κ3) is 3.60. The van der Waals surface area contributed by atoms with Crippen molar-refractivity contribution in [2.24, 2.45) is 5.92 Å². The first-order chi connectivity index (χ1) is 12.3. The van der Waals surface area contributed by atoms with Gasteiger partial charge in [-0.3, -0.25) is 14.6 Å². The summed E-state index contributed by atoms with van der Waals surface area (Å²) in [5.41, 5.74) is 0. The number of nitrogens with one attached hydrogen (secondary N) is 1. The molecule has 1 unspecified atom stereocenters. The van der Waals surface area contributed by atoms with E-state index in [-0.39, 0.29) is 23.2 Å². The standard InChI is InChI=1S/C15H21N3O7S/c1-7(19)10-11(20)18-12(25-15(23)24)9(26-13(10)18)6-17-4-2-3-8(5-17)16-14(21)22/h7-8,10,13,16,19H,2-6H2,1H3,(H,21,22)(H,23,24)/t7-,8?,10+,13-/m1/s1. The number of nitrogens with zero attached hydrogens (tertiary/aromatic N) is 2. The second-order valence-corrected chi connectivity index (χ2v) is 7.81. The monoisotopic (exact) mass is 387 g/mol. The maximum absolute atomic E-state index is 12.2. The maximum Gasteiger partial charge on any atom is 0.512 e. The number of amides is 2. The van der Waals surface area contributed by atoms with Crippen LogP contribution >= 0.6 is 11.8 Å². The van der Waals surface area contributed by atoms with Crippen molar-refractivity contribution in [1.29, 1.82) is 0 Å². The average Bonchev–Trinajstić information content (AvgIpc) is 2.79. The first-order valence-corrected chi connectivity index (χ1v) is 9.19. The molecule has 0 spiro atoms. The Bertz CT molecular complexity index is 653. The molecule has 3 aliphatic rings. The molecule has 2 fully saturated rings. The van der Waals surface area contributed by atoms with Gasteiger partial charge in [0, 0.05) is 19.1 Å². The second kappa shape index (κ2) is 7.33. The van der Waals surface area contributed by atoms with E-state index in [1.54, 1.807) is 0 Å². The van der Waals surface area contributed by atoms with E-state index in [1.807, 2.05) is 4.90 Å². The van der Waals surface area contributed by atoms with Crippen LogP contribution in [0.5, 0.6) is 0 Å². The number of ether oxygens (including phenoxy) is 1. The molecule has 4 atom stereocenters. The van der Waals surface area contributed by atoms with Gasteiger partial charge in [-0.15, -0.1) is 0 Å². The molecule has 2 amide bonds. The number of carboxylic acid groups (broad SMARTS) is 2. The van der Waals surface area contributed by atoms with E-state index in [0.717, 1.165) is 19.4 Å². The van der Waals surface area contributed by atoms with Crippen molar-refractivity contribution >= 4 is 29.9 Å². The van der Waals surface area contributed by atoms with Gasteiger partial charge in [0.1, 0.15) is 5.37 Å². The fourth-order valence-corrected chi connectivity index (χ4v) is 5.18. The summed E-state index contributed by atoms with van der Waals surface area (Å²) in [5.74, 6) is -0.941. The quantitative estimate of drug-likeness (QED) is 0.392. The van der Waals surface area contributed by atoms with E-state index in [9.17, 15) is 19.5 Å². The van der Waals surface area contributed by atoms with E-state index in [2.05, 4.69) is 5.32 Å². The molecule has 0 radical (unpaired) electrons. The van der Waals surface area contributed by atoms with Gasteiger partial charge in [-0.2, -0.15) is 0 Å². The smallest absolute Gasteiger partial charge is 0.465 e. The summed E-state index contributed by atoms with van der Waals surface area (Å²) in [7, 11) is 0. The highest BCUT2D eigenvalue weighted by atomic mass is 32.2. The van der Waals surface area contributed by atoms with Crippen molar-refractivity contribution in [3.8, 4) is 0 Å². The van der Waals surface area contributed by atoms with Gasteiger partial charge in [-0.1, -0.05) is 11.8 Å². The lowest BCUT2D eigenvalue weighted by Crippen LogP contribution is -2.60. The zero-order valence-electron chi connectivity index (χ0n) is 14.1. The van der Waals surface area contributed by atoms with Gasteiger partial charge < -0.3 is 25.4 Å². The highest BCUT2D eigenvalue weighted by Crippen LogP contribution is 2.50. The molecule has 0 aliphatic carbocycles. The van der Waals surface area contributed by atoms with Crippen LogP contribution in [-0.4, -0.2) is 80.4 Å². The zero-order valence-corrected chi connectivity index (χ0v) is 14.9. The van der Waals surface area contributed by atoms with E-state index < -0.39 is 24.3 Å². The largest absolute Gasteiger partial charge is 0.512 e. The van der Waals surface area contributed by atoms with Gasteiger partial charge in [-0.05, 0) is 26.3 Å². The molecule has 3 aliphatic heterocycles. The van der Waals surface area contributed by atoms with Crippen molar-refractivity contribution in [2.45, 2.75) is 37.3 Å². The van der Waals surface area contributed by atoms with Crippen LogP contribution in [-0.2, 0) is 9.53 Å². The minimum atomic E-state index is -1.50. The molecular weight excluding hydrogens is 366 g/mol. The van der Waals surface area contributed by atoms with Crippen LogP contribution in [0.3, 0.4) is 0 Å². The van der Waals surface area contributed by atoms with Crippen LogP contribution in [0, 0.1) is 5.92 Å². The number of piperidine rings is 1. The molecule has 0 saturated carbocycles. The lowest BCUT2D eigenvalue weighted by atomic mass is 9.93. The summed E-state index contributed by atoms with van der Waals surface area (Å²) in [6.07, 6.45) is -1.86. The van der Waals surface area contributed by atoms with Gasteiger partial charge in [0.2, 0.25) is 11.8 Å². The van der Waals surface area contributed by atoms with Crippen molar-refractivity contribution in [3.05, 3.63) is 10.8 Å². The maximum atomic E-state index is 12.2. The van der Waals surface area contributed by atoms with Crippen LogP contribution in [0.1, 0.15) is 19.8 Å². The van der Waals surface area contributed by atoms with Crippen LogP contribution in [0.15, 0.2) is 10.8 Å². The van der Waals surface area contributed by atoms with Crippen LogP contribution < -0.4 is 5.32 Å². The summed E-state index contributed by atoms with van der Waals surface area (Å²) in [6, 6.07) is -0.194. The van der Waals surface area contributed by atoms with Crippen molar-refractivity contribution < 1.29 is 34.4 Å². The Balaban J connectivity index is 1.72. The Morgan fingerprint density at radius 2 is 2.15 bits per heavy atom. The van der Waals surface area contributed by atoms with Crippen molar-refractivity contribution in [2.75, 3.05) is 19.6 Å². The number of rotatable bonds is 5. The van der Waals surface area contributed by atoms with Crippen LogP contribution in [0.4, 0.5) is 9.59 Å². The summed E-state index contributed by atoms with van der Waals surface area (Å²) >= 11 is 1.32. The second-order valence-electron chi connectivity index (χ2n) is 6.60. The molecular formula is C15H21N3O7S. The summed E-state index contributed by atoms with van der Waals surface area (Å²) in [6.45, 7) is 3.12. The number of β-lactam (4-membered cyclic amide) rings is 1. The Morgan fingerprint density at radius 3 is 2.77 bits per heavy atom. The number of likely N-dealkylation sites (tertiary alicyclic amines) is 1. The zero-order chi connectivity index (χ0) is 19.0. The highest BCUT2D eigenvalue weighted by molar-refractivity contribution is 8.04. The van der Waals surface area contributed by atoms with Crippen LogP contribution in [0.25, 0.3) is 0 Å². The predicted octanol–water partition coefficient (Wildman–Crippen LogP) is 0.494. The predicted molar refractivity (Wildman–Crippen MR) is 90.2 cm³/mol. The summed E-state index contributed by atoms with van der Waals surface area (Å²) in [4.78, 5) is 38.0. The summed E-state index contributed by atoms with van der Waals surface area (Å²) < 4.78 is 4.85. The van der Waals surface area contributed by atoms with E-state index >= 15 is 0 Å². The van der Waals surface area contributed by atoms with Gasteiger partial charge in [0.25, 0.3) is 0 Å². The molecule has 11 heteroatoms. The summed E-state index contributed by atoms with van der Waals surface area (Å²) in [5, 5.41) is 29.7. The minimum absolute atomic E-state index is 0.00252. The molecule has 0 aromatic rings. The SMILES string of the molecule is C[C@@H](O)[C@H]1C(=O)N2C(OC(=O)O)=C(CN3CCCC(NC(=O)O)C3)S[C@H]12. The van der Waals surface area contributed by atoms with E-state index in [0.29, 0.717) is 18.0 Å².